The van der Waals surface area contributed by atoms with E-state index in [-0.39, 0.29) is 21.9 Å². The normalized spacial score (nSPS) is 23.0. The van der Waals surface area contributed by atoms with E-state index >= 15 is 0 Å². The maximum absolute atomic E-state index is 11.3. The molecule has 1 aliphatic heterocycles. The summed E-state index contributed by atoms with van der Waals surface area (Å²) < 4.78 is 6.33. The molecule has 1 aromatic rings. The van der Waals surface area contributed by atoms with Crippen LogP contribution in [0.25, 0.3) is 0 Å². The summed E-state index contributed by atoms with van der Waals surface area (Å²) >= 11 is 5.87. The van der Waals surface area contributed by atoms with Crippen LogP contribution in [0.4, 0.5) is 11.5 Å². The van der Waals surface area contributed by atoms with Crippen LogP contribution in [0.3, 0.4) is 0 Å². The second-order valence-electron chi connectivity index (χ2n) is 6.86. The molecule has 1 aromatic heterocycles. The fourth-order valence-corrected chi connectivity index (χ4v) is 3.89. The number of nitrogens with zero attached hydrogens (tertiary/aromatic N) is 3. The van der Waals surface area contributed by atoms with Crippen molar-refractivity contribution in [1.82, 2.24) is 4.98 Å². The molecule has 0 aromatic carbocycles. The minimum Gasteiger partial charge on any atom is -0.365 e. The van der Waals surface area contributed by atoms with Crippen molar-refractivity contribution in [3.63, 3.8) is 0 Å². The van der Waals surface area contributed by atoms with Gasteiger partial charge in [-0.05, 0) is 26.7 Å². The summed E-state index contributed by atoms with van der Waals surface area (Å²) in [5.41, 5.74) is -0.618. The highest BCUT2D eigenvalue weighted by Crippen LogP contribution is 2.43. The average molecular weight is 326 g/mol. The molecule has 1 aliphatic carbocycles. The minimum atomic E-state index is -0.419. The Morgan fingerprint density at radius 3 is 2.68 bits per heavy atom. The van der Waals surface area contributed by atoms with Crippen LogP contribution < -0.4 is 4.90 Å². The van der Waals surface area contributed by atoms with Crippen molar-refractivity contribution in [2.45, 2.75) is 50.7 Å². The van der Waals surface area contributed by atoms with Crippen LogP contribution in [0, 0.1) is 10.1 Å². The minimum absolute atomic E-state index is 0.0432. The second kappa shape index (κ2) is 5.35. The Labute approximate surface area is 134 Å². The van der Waals surface area contributed by atoms with Gasteiger partial charge in [-0.1, -0.05) is 24.4 Å². The lowest BCUT2D eigenvalue weighted by atomic mass is 9.94. The van der Waals surface area contributed by atoms with Gasteiger partial charge < -0.3 is 9.64 Å². The Kier molecular flexibility index (Phi) is 3.77. The number of ether oxygens (including phenoxy) is 1. The Morgan fingerprint density at radius 2 is 2.05 bits per heavy atom. The first kappa shape index (κ1) is 15.5. The lowest BCUT2D eigenvalue weighted by Gasteiger charge is -2.49. The lowest BCUT2D eigenvalue weighted by molar-refractivity contribution is -0.384. The average Bonchev–Trinajstić information content (AvgIpc) is 2.83. The predicted molar refractivity (Wildman–Crippen MR) is 84.5 cm³/mol. The molecule has 1 saturated heterocycles. The summed E-state index contributed by atoms with van der Waals surface area (Å²) in [6, 6.07) is 1.37. The third kappa shape index (κ3) is 2.90. The highest BCUT2D eigenvalue weighted by molar-refractivity contribution is 6.30. The van der Waals surface area contributed by atoms with Crippen molar-refractivity contribution in [3.8, 4) is 0 Å². The molecule has 120 valence electrons. The maximum Gasteiger partial charge on any atom is 0.313 e. The van der Waals surface area contributed by atoms with Crippen LogP contribution in [0.15, 0.2) is 12.3 Å². The van der Waals surface area contributed by atoms with Crippen molar-refractivity contribution in [2.75, 3.05) is 18.0 Å². The van der Waals surface area contributed by atoms with E-state index in [0.29, 0.717) is 18.9 Å². The maximum atomic E-state index is 11.3. The Bertz CT molecular complexity index is 600. The summed E-state index contributed by atoms with van der Waals surface area (Å²) in [6.45, 7) is 5.28. The Balaban J connectivity index is 1.98. The molecule has 0 atom stereocenters. The van der Waals surface area contributed by atoms with Crippen LogP contribution in [-0.4, -0.2) is 34.2 Å². The molecule has 0 unspecified atom stereocenters. The predicted octanol–water partition coefficient (Wildman–Crippen LogP) is 3.57. The van der Waals surface area contributed by atoms with Crippen LogP contribution in [0.1, 0.15) is 39.5 Å². The zero-order valence-electron chi connectivity index (χ0n) is 12.8. The van der Waals surface area contributed by atoms with Gasteiger partial charge in [0.15, 0.2) is 0 Å². The summed E-state index contributed by atoms with van der Waals surface area (Å²) in [5, 5.41) is 11.6. The number of nitro groups is 1. The first-order valence-corrected chi connectivity index (χ1v) is 7.93. The van der Waals surface area contributed by atoms with Gasteiger partial charge in [-0.25, -0.2) is 4.98 Å². The topological polar surface area (TPSA) is 68.5 Å². The molecule has 0 amide bonds. The third-order valence-electron chi connectivity index (χ3n) is 4.37. The first-order valence-electron chi connectivity index (χ1n) is 7.55. The van der Waals surface area contributed by atoms with Gasteiger partial charge in [0.1, 0.15) is 0 Å². The molecule has 2 heterocycles. The quantitative estimate of drug-likeness (QED) is 0.614. The monoisotopic (exact) mass is 325 g/mol. The van der Waals surface area contributed by atoms with Gasteiger partial charge in [0, 0.05) is 25.4 Å². The van der Waals surface area contributed by atoms with Gasteiger partial charge in [-0.3, -0.25) is 10.1 Å². The van der Waals surface area contributed by atoms with Gasteiger partial charge in [-0.2, -0.15) is 0 Å². The zero-order chi connectivity index (χ0) is 16.0. The lowest BCUT2D eigenvalue weighted by Crippen LogP contribution is -2.59. The largest absolute Gasteiger partial charge is 0.365 e. The SMILES string of the molecule is CC1(C)CN(c2ncc(Cl)cc2[N+](=O)[O-])CC2(CCCC2)O1. The summed E-state index contributed by atoms with van der Waals surface area (Å²) in [4.78, 5) is 17.2. The van der Waals surface area contributed by atoms with Crippen molar-refractivity contribution < 1.29 is 9.66 Å². The van der Waals surface area contributed by atoms with E-state index in [1.165, 1.54) is 12.3 Å². The van der Waals surface area contributed by atoms with E-state index in [9.17, 15) is 10.1 Å². The van der Waals surface area contributed by atoms with E-state index < -0.39 is 4.92 Å². The third-order valence-corrected chi connectivity index (χ3v) is 4.58. The van der Waals surface area contributed by atoms with Crippen molar-refractivity contribution in [1.29, 1.82) is 0 Å². The molecule has 0 radical (unpaired) electrons. The molecule has 0 bridgehead atoms. The van der Waals surface area contributed by atoms with Gasteiger partial charge in [0.25, 0.3) is 0 Å². The second-order valence-corrected chi connectivity index (χ2v) is 7.30. The summed E-state index contributed by atoms with van der Waals surface area (Å²) in [6.07, 6.45) is 5.73. The fourth-order valence-electron chi connectivity index (χ4n) is 3.74. The smallest absolute Gasteiger partial charge is 0.313 e. The number of rotatable bonds is 2. The van der Waals surface area contributed by atoms with Gasteiger partial charge in [0.2, 0.25) is 5.82 Å². The van der Waals surface area contributed by atoms with Crippen molar-refractivity contribution in [2.24, 2.45) is 0 Å². The van der Waals surface area contributed by atoms with E-state index in [0.717, 1.165) is 25.7 Å². The van der Waals surface area contributed by atoms with Gasteiger partial charge >= 0.3 is 5.69 Å². The van der Waals surface area contributed by atoms with Crippen LogP contribution in [-0.2, 0) is 4.74 Å². The number of halogens is 1. The van der Waals surface area contributed by atoms with Gasteiger partial charge in [0.05, 0.1) is 21.1 Å². The number of morpholine rings is 1. The molecular formula is C15H20ClN3O3. The van der Waals surface area contributed by atoms with Crippen LogP contribution in [0.2, 0.25) is 5.02 Å². The fraction of sp³-hybridized carbons (Fsp3) is 0.667. The van der Waals surface area contributed by atoms with E-state index in [4.69, 9.17) is 16.3 Å². The van der Waals surface area contributed by atoms with Crippen molar-refractivity contribution >= 4 is 23.1 Å². The Morgan fingerprint density at radius 1 is 1.36 bits per heavy atom. The highest BCUT2D eigenvalue weighted by Gasteiger charge is 2.47. The number of aromatic nitrogens is 1. The first-order chi connectivity index (χ1) is 10.3. The number of anilines is 1. The highest BCUT2D eigenvalue weighted by atomic mass is 35.5. The summed E-state index contributed by atoms with van der Waals surface area (Å²) in [5.74, 6) is 0.386. The molecule has 2 fully saturated rings. The van der Waals surface area contributed by atoms with Crippen molar-refractivity contribution in [3.05, 3.63) is 27.4 Å². The number of hydrogen-bond donors (Lipinski definition) is 0. The molecule has 7 heteroatoms. The standard InChI is InChI=1S/C15H20ClN3O3/c1-14(2)9-18(10-15(22-14)5-3-4-6-15)13-12(19(20)21)7-11(16)8-17-13/h7-8H,3-6,9-10H2,1-2H3. The number of pyridine rings is 1. The molecule has 3 rings (SSSR count). The Hall–Kier alpha value is -1.40. The molecule has 1 spiro atoms. The van der Waals surface area contributed by atoms with Crippen LogP contribution in [0.5, 0.6) is 0 Å². The van der Waals surface area contributed by atoms with Crippen LogP contribution >= 0.6 is 11.6 Å². The molecule has 2 aliphatic rings. The molecule has 0 N–H and O–H groups in total. The van der Waals surface area contributed by atoms with E-state index in [2.05, 4.69) is 4.98 Å². The summed E-state index contributed by atoms with van der Waals surface area (Å²) in [7, 11) is 0. The van der Waals surface area contributed by atoms with E-state index in [1.807, 2.05) is 18.7 Å². The molecule has 22 heavy (non-hydrogen) atoms. The zero-order valence-corrected chi connectivity index (χ0v) is 13.6. The molecule has 6 nitrogen and oxygen atoms in total. The molecule has 1 saturated carbocycles. The van der Waals surface area contributed by atoms with E-state index in [1.54, 1.807) is 0 Å². The van der Waals surface area contributed by atoms with Gasteiger partial charge in [-0.15, -0.1) is 0 Å². The number of hydrogen-bond acceptors (Lipinski definition) is 5. The molecular weight excluding hydrogens is 306 g/mol.